The largest absolute Gasteiger partial charge is 0.349 e. The maximum atomic E-state index is 12.6. The Balaban J connectivity index is 3.06. The van der Waals surface area contributed by atoms with Gasteiger partial charge in [-0.2, -0.15) is 0 Å². The SMILES string of the molecule is Cc1cc(C(N)C(F)F)c(C)n1CC(C)C. The summed E-state index contributed by atoms with van der Waals surface area (Å²) in [5.41, 5.74) is 7.91. The van der Waals surface area contributed by atoms with Crippen LogP contribution in [-0.2, 0) is 6.54 Å². The molecule has 0 fully saturated rings. The van der Waals surface area contributed by atoms with Gasteiger partial charge in [0.15, 0.2) is 0 Å². The molecule has 0 bridgehead atoms. The second-order valence-electron chi connectivity index (χ2n) is 4.69. The van der Waals surface area contributed by atoms with Crippen LogP contribution in [0.25, 0.3) is 0 Å². The van der Waals surface area contributed by atoms with Crippen LogP contribution in [-0.4, -0.2) is 11.0 Å². The van der Waals surface area contributed by atoms with Crippen LogP contribution in [0.15, 0.2) is 6.07 Å². The van der Waals surface area contributed by atoms with Gasteiger partial charge in [0, 0.05) is 17.9 Å². The van der Waals surface area contributed by atoms with Gasteiger partial charge in [-0.1, -0.05) is 13.8 Å². The third kappa shape index (κ3) is 2.61. The van der Waals surface area contributed by atoms with Crippen molar-refractivity contribution in [1.82, 2.24) is 4.57 Å². The van der Waals surface area contributed by atoms with E-state index in [9.17, 15) is 8.78 Å². The van der Waals surface area contributed by atoms with Gasteiger partial charge in [0.25, 0.3) is 6.43 Å². The van der Waals surface area contributed by atoms with E-state index in [-0.39, 0.29) is 0 Å². The van der Waals surface area contributed by atoms with E-state index < -0.39 is 12.5 Å². The molecule has 1 rings (SSSR count). The molecule has 16 heavy (non-hydrogen) atoms. The van der Waals surface area contributed by atoms with Crippen molar-refractivity contribution in [3.05, 3.63) is 23.0 Å². The van der Waals surface area contributed by atoms with Gasteiger partial charge in [-0.05, 0) is 31.4 Å². The number of nitrogens with zero attached hydrogens (tertiary/aromatic N) is 1. The molecule has 4 heteroatoms. The van der Waals surface area contributed by atoms with Gasteiger partial charge in [-0.15, -0.1) is 0 Å². The summed E-state index contributed by atoms with van der Waals surface area (Å²) in [5.74, 6) is 0.487. The van der Waals surface area contributed by atoms with Crippen molar-refractivity contribution in [2.45, 2.75) is 46.7 Å². The third-order valence-electron chi connectivity index (χ3n) is 2.79. The quantitative estimate of drug-likeness (QED) is 0.846. The van der Waals surface area contributed by atoms with Crippen LogP contribution in [0, 0.1) is 19.8 Å². The molecule has 1 heterocycles. The summed E-state index contributed by atoms with van der Waals surface area (Å²) in [7, 11) is 0. The summed E-state index contributed by atoms with van der Waals surface area (Å²) < 4.78 is 27.2. The van der Waals surface area contributed by atoms with Crippen LogP contribution >= 0.6 is 0 Å². The first-order chi connectivity index (χ1) is 7.34. The second-order valence-corrected chi connectivity index (χ2v) is 4.69. The van der Waals surface area contributed by atoms with Gasteiger partial charge < -0.3 is 10.3 Å². The first kappa shape index (κ1) is 13.2. The lowest BCUT2D eigenvalue weighted by molar-refractivity contribution is 0.116. The normalized spacial score (nSPS) is 13.8. The van der Waals surface area contributed by atoms with Gasteiger partial charge in [0.2, 0.25) is 0 Å². The van der Waals surface area contributed by atoms with Crippen LogP contribution < -0.4 is 5.73 Å². The molecule has 0 aliphatic carbocycles. The van der Waals surface area contributed by atoms with Gasteiger partial charge in [-0.25, -0.2) is 8.78 Å². The first-order valence-corrected chi connectivity index (χ1v) is 5.55. The lowest BCUT2D eigenvalue weighted by atomic mass is 10.1. The third-order valence-corrected chi connectivity index (χ3v) is 2.79. The Hall–Kier alpha value is -0.900. The Bertz CT molecular complexity index is 356. The van der Waals surface area contributed by atoms with E-state index in [1.165, 1.54) is 0 Å². The predicted octanol–water partition coefficient (Wildman–Crippen LogP) is 3.03. The monoisotopic (exact) mass is 230 g/mol. The number of nitrogens with two attached hydrogens (primary N) is 1. The number of hydrogen-bond acceptors (Lipinski definition) is 1. The molecule has 0 aliphatic rings. The fraction of sp³-hybridized carbons (Fsp3) is 0.667. The summed E-state index contributed by atoms with van der Waals surface area (Å²) in [5, 5.41) is 0. The van der Waals surface area contributed by atoms with E-state index in [1.807, 2.05) is 13.8 Å². The summed E-state index contributed by atoms with van der Waals surface area (Å²) >= 11 is 0. The highest BCUT2D eigenvalue weighted by Gasteiger charge is 2.22. The van der Waals surface area contributed by atoms with E-state index in [2.05, 4.69) is 18.4 Å². The van der Waals surface area contributed by atoms with E-state index in [4.69, 9.17) is 5.73 Å². The zero-order chi connectivity index (χ0) is 12.5. The van der Waals surface area contributed by atoms with Crippen LogP contribution in [0.5, 0.6) is 0 Å². The van der Waals surface area contributed by atoms with E-state index >= 15 is 0 Å². The predicted molar refractivity (Wildman–Crippen MR) is 61.7 cm³/mol. The van der Waals surface area contributed by atoms with Gasteiger partial charge in [0.1, 0.15) is 0 Å². The number of aromatic nitrogens is 1. The van der Waals surface area contributed by atoms with Crippen molar-refractivity contribution in [3.63, 3.8) is 0 Å². The Morgan fingerprint density at radius 2 is 1.88 bits per heavy atom. The van der Waals surface area contributed by atoms with Crippen LogP contribution in [0.4, 0.5) is 8.78 Å². The maximum Gasteiger partial charge on any atom is 0.257 e. The molecule has 1 atom stereocenters. The molecular formula is C12H20F2N2. The van der Waals surface area contributed by atoms with Gasteiger partial charge in [0.05, 0.1) is 6.04 Å². The molecule has 0 amide bonds. The maximum absolute atomic E-state index is 12.6. The molecule has 0 saturated heterocycles. The topological polar surface area (TPSA) is 30.9 Å². The number of hydrogen-bond donors (Lipinski definition) is 1. The summed E-state index contributed by atoms with van der Waals surface area (Å²) in [6.45, 7) is 8.83. The number of alkyl halides is 2. The number of aryl methyl sites for hydroxylation is 1. The minimum absolute atomic E-state index is 0.487. The highest BCUT2D eigenvalue weighted by molar-refractivity contribution is 5.30. The molecule has 2 N–H and O–H groups in total. The molecule has 0 spiro atoms. The summed E-state index contributed by atoms with van der Waals surface area (Å²) in [4.78, 5) is 0. The summed E-state index contributed by atoms with van der Waals surface area (Å²) in [6, 6.07) is 0.598. The Kier molecular flexibility index (Phi) is 4.08. The van der Waals surface area contributed by atoms with Crippen molar-refractivity contribution >= 4 is 0 Å². The average molecular weight is 230 g/mol. The average Bonchev–Trinajstić information content (AvgIpc) is 2.44. The van der Waals surface area contributed by atoms with Crippen molar-refractivity contribution in [1.29, 1.82) is 0 Å². The molecule has 1 unspecified atom stereocenters. The summed E-state index contributed by atoms with van der Waals surface area (Å²) in [6.07, 6.45) is -2.51. The standard InChI is InChI=1S/C12H20F2N2/c1-7(2)6-16-8(3)5-10(9(16)4)11(15)12(13)14/h5,7,11-12H,6,15H2,1-4H3. The van der Waals surface area contributed by atoms with Crippen LogP contribution in [0.1, 0.15) is 36.8 Å². The highest BCUT2D eigenvalue weighted by Crippen LogP contribution is 2.25. The van der Waals surface area contributed by atoms with Crippen molar-refractivity contribution < 1.29 is 8.78 Å². The van der Waals surface area contributed by atoms with Crippen molar-refractivity contribution in [2.75, 3.05) is 0 Å². The van der Waals surface area contributed by atoms with E-state index in [0.717, 1.165) is 17.9 Å². The molecular weight excluding hydrogens is 210 g/mol. The molecule has 1 aromatic rings. The fourth-order valence-electron chi connectivity index (χ4n) is 1.95. The zero-order valence-electron chi connectivity index (χ0n) is 10.3. The molecule has 0 aliphatic heterocycles. The van der Waals surface area contributed by atoms with Gasteiger partial charge in [-0.3, -0.25) is 0 Å². The Labute approximate surface area is 95.4 Å². The minimum atomic E-state index is -2.51. The van der Waals surface area contributed by atoms with Crippen LogP contribution in [0.3, 0.4) is 0 Å². The molecule has 0 aromatic carbocycles. The molecule has 0 radical (unpaired) electrons. The van der Waals surface area contributed by atoms with Crippen molar-refractivity contribution in [3.8, 4) is 0 Å². The Morgan fingerprint density at radius 1 is 1.31 bits per heavy atom. The molecule has 1 aromatic heterocycles. The number of rotatable bonds is 4. The fourth-order valence-corrected chi connectivity index (χ4v) is 1.95. The number of halogens is 2. The molecule has 2 nitrogen and oxygen atoms in total. The molecule has 92 valence electrons. The lowest BCUT2D eigenvalue weighted by Gasteiger charge is -2.14. The minimum Gasteiger partial charge on any atom is -0.349 e. The van der Waals surface area contributed by atoms with Crippen LogP contribution in [0.2, 0.25) is 0 Å². The lowest BCUT2D eigenvalue weighted by Crippen LogP contribution is -2.20. The molecule has 0 saturated carbocycles. The Morgan fingerprint density at radius 3 is 2.31 bits per heavy atom. The van der Waals surface area contributed by atoms with Crippen molar-refractivity contribution in [2.24, 2.45) is 11.7 Å². The first-order valence-electron chi connectivity index (χ1n) is 5.55. The highest BCUT2D eigenvalue weighted by atomic mass is 19.3. The zero-order valence-corrected chi connectivity index (χ0v) is 10.3. The van der Waals surface area contributed by atoms with E-state index in [1.54, 1.807) is 6.07 Å². The van der Waals surface area contributed by atoms with E-state index in [0.29, 0.717) is 11.5 Å². The van der Waals surface area contributed by atoms with Gasteiger partial charge >= 0.3 is 0 Å². The smallest absolute Gasteiger partial charge is 0.257 e. The second kappa shape index (κ2) is 4.95.